The van der Waals surface area contributed by atoms with Crippen LogP contribution in [0.25, 0.3) is 0 Å². The lowest BCUT2D eigenvalue weighted by molar-refractivity contribution is 0.316. The molecule has 88 valence electrons. The molecule has 0 saturated carbocycles. The van der Waals surface area contributed by atoms with Gasteiger partial charge in [0.25, 0.3) is 0 Å². The Hall–Kier alpha value is -0.820. The smallest absolute Gasteiger partial charge is 0.0148 e. The van der Waals surface area contributed by atoms with Gasteiger partial charge in [0, 0.05) is 18.0 Å². The van der Waals surface area contributed by atoms with Crippen molar-refractivity contribution in [2.45, 2.75) is 51.5 Å². The van der Waals surface area contributed by atoms with Gasteiger partial charge < -0.3 is 5.32 Å². The second kappa shape index (κ2) is 4.58. The summed E-state index contributed by atoms with van der Waals surface area (Å²) in [5.74, 6) is 0.744. The fraction of sp³-hybridized carbons (Fsp3) is 0.600. The third-order valence-electron chi connectivity index (χ3n) is 4.30. The summed E-state index contributed by atoms with van der Waals surface area (Å²) in [6.07, 6.45) is 3.67. The fourth-order valence-electron chi connectivity index (χ4n) is 2.41. The molecule has 1 aromatic rings. The van der Waals surface area contributed by atoms with Crippen LogP contribution in [0.4, 0.5) is 0 Å². The minimum absolute atomic E-state index is 0.324. The summed E-state index contributed by atoms with van der Waals surface area (Å²) in [5.41, 5.74) is 3.43. The molecule has 0 bridgehead atoms. The molecule has 1 heteroatoms. The molecule has 0 radical (unpaired) electrons. The van der Waals surface area contributed by atoms with Crippen molar-refractivity contribution in [1.82, 2.24) is 5.32 Å². The van der Waals surface area contributed by atoms with Gasteiger partial charge >= 0.3 is 0 Å². The van der Waals surface area contributed by atoms with Crippen molar-refractivity contribution in [1.29, 1.82) is 0 Å². The van der Waals surface area contributed by atoms with Gasteiger partial charge in [-0.05, 0) is 37.3 Å². The van der Waals surface area contributed by atoms with Gasteiger partial charge in [0.1, 0.15) is 0 Å². The molecule has 1 unspecified atom stereocenters. The highest BCUT2D eigenvalue weighted by atomic mass is 15.0. The molecule has 0 spiro atoms. The second-order valence-electron chi connectivity index (χ2n) is 5.25. The van der Waals surface area contributed by atoms with Crippen molar-refractivity contribution >= 4 is 0 Å². The van der Waals surface area contributed by atoms with E-state index in [9.17, 15) is 0 Å². The maximum atomic E-state index is 3.74. The van der Waals surface area contributed by atoms with Crippen molar-refractivity contribution in [2.75, 3.05) is 6.54 Å². The van der Waals surface area contributed by atoms with Gasteiger partial charge in [-0.2, -0.15) is 0 Å². The molecule has 16 heavy (non-hydrogen) atoms. The lowest BCUT2D eigenvalue weighted by Gasteiger charge is -2.35. The highest BCUT2D eigenvalue weighted by molar-refractivity contribution is 5.40. The number of rotatable bonds is 5. The number of hydrogen-bond donors (Lipinski definition) is 1. The van der Waals surface area contributed by atoms with Gasteiger partial charge in [0.05, 0.1) is 0 Å². The van der Waals surface area contributed by atoms with E-state index >= 15 is 0 Å². The van der Waals surface area contributed by atoms with E-state index in [1.165, 1.54) is 19.3 Å². The molecule has 1 aliphatic carbocycles. The van der Waals surface area contributed by atoms with Gasteiger partial charge in [-0.25, -0.2) is 0 Å². The van der Waals surface area contributed by atoms with Crippen LogP contribution in [0, 0.1) is 0 Å². The highest BCUT2D eigenvalue weighted by Crippen LogP contribution is 2.34. The summed E-state index contributed by atoms with van der Waals surface area (Å²) in [5, 5.41) is 3.74. The van der Waals surface area contributed by atoms with Crippen LogP contribution in [-0.2, 0) is 6.42 Å². The van der Waals surface area contributed by atoms with Gasteiger partial charge in [-0.15, -0.1) is 0 Å². The molecule has 0 saturated heterocycles. The zero-order valence-electron chi connectivity index (χ0n) is 10.7. The number of nitrogens with one attached hydrogen (secondary N) is 1. The van der Waals surface area contributed by atoms with Crippen molar-refractivity contribution in [3.05, 3.63) is 35.4 Å². The Kier molecular flexibility index (Phi) is 3.34. The topological polar surface area (TPSA) is 12.0 Å². The summed E-state index contributed by atoms with van der Waals surface area (Å²) in [6, 6.07) is 8.83. The van der Waals surface area contributed by atoms with E-state index in [1.54, 1.807) is 11.1 Å². The average molecular weight is 217 g/mol. The van der Waals surface area contributed by atoms with E-state index < -0.39 is 0 Å². The molecule has 0 fully saturated rings. The summed E-state index contributed by atoms with van der Waals surface area (Å²) < 4.78 is 0. The van der Waals surface area contributed by atoms with Crippen LogP contribution in [0.2, 0.25) is 0 Å². The van der Waals surface area contributed by atoms with E-state index in [-0.39, 0.29) is 0 Å². The van der Waals surface area contributed by atoms with Crippen LogP contribution < -0.4 is 5.32 Å². The zero-order chi connectivity index (χ0) is 11.6. The summed E-state index contributed by atoms with van der Waals surface area (Å²) in [7, 11) is 0. The Morgan fingerprint density at radius 1 is 1.25 bits per heavy atom. The van der Waals surface area contributed by atoms with Gasteiger partial charge in [0.15, 0.2) is 0 Å². The maximum absolute atomic E-state index is 3.74. The number of hydrogen-bond acceptors (Lipinski definition) is 1. The number of fused-ring (bicyclic) bond motifs is 1. The minimum atomic E-state index is 0.324. The highest BCUT2D eigenvalue weighted by Gasteiger charge is 2.27. The van der Waals surface area contributed by atoms with Crippen LogP contribution in [0.3, 0.4) is 0 Å². The predicted octanol–water partition coefficient (Wildman–Crippen LogP) is 3.49. The first kappa shape index (κ1) is 11.7. The van der Waals surface area contributed by atoms with Crippen LogP contribution in [0.1, 0.15) is 50.7 Å². The Balaban J connectivity index is 1.90. The molecule has 0 aliphatic heterocycles. The van der Waals surface area contributed by atoms with Gasteiger partial charge in [0.2, 0.25) is 0 Å². The number of benzene rings is 1. The first-order chi connectivity index (χ1) is 7.68. The first-order valence-electron chi connectivity index (χ1n) is 6.51. The van der Waals surface area contributed by atoms with E-state index in [4.69, 9.17) is 0 Å². The van der Waals surface area contributed by atoms with E-state index in [2.05, 4.69) is 50.4 Å². The van der Waals surface area contributed by atoms with Crippen LogP contribution in [0.5, 0.6) is 0 Å². The van der Waals surface area contributed by atoms with E-state index in [0.717, 1.165) is 12.5 Å². The van der Waals surface area contributed by atoms with Gasteiger partial charge in [-0.1, -0.05) is 38.1 Å². The summed E-state index contributed by atoms with van der Waals surface area (Å²) in [4.78, 5) is 0. The summed E-state index contributed by atoms with van der Waals surface area (Å²) >= 11 is 0. The molecule has 1 atom stereocenters. The van der Waals surface area contributed by atoms with E-state index in [1.807, 2.05) is 0 Å². The average Bonchev–Trinajstić information content (AvgIpc) is 2.30. The maximum Gasteiger partial charge on any atom is 0.0148 e. The molecule has 0 heterocycles. The summed E-state index contributed by atoms with van der Waals surface area (Å²) in [6.45, 7) is 8.00. The first-order valence-corrected chi connectivity index (χ1v) is 6.51. The molecule has 0 aromatic heterocycles. The minimum Gasteiger partial charge on any atom is -0.311 e. The normalized spacial score (nSPS) is 19.1. The fourth-order valence-corrected chi connectivity index (χ4v) is 2.41. The van der Waals surface area contributed by atoms with Crippen LogP contribution >= 0.6 is 0 Å². The lowest BCUT2D eigenvalue weighted by atomic mass is 9.77. The third-order valence-corrected chi connectivity index (χ3v) is 4.30. The largest absolute Gasteiger partial charge is 0.311 e. The molecule has 1 N–H and O–H groups in total. The van der Waals surface area contributed by atoms with Crippen molar-refractivity contribution < 1.29 is 0 Å². The molecule has 0 amide bonds. The second-order valence-corrected chi connectivity index (χ2v) is 5.25. The van der Waals surface area contributed by atoms with Crippen LogP contribution in [-0.4, -0.2) is 12.1 Å². The van der Waals surface area contributed by atoms with Crippen molar-refractivity contribution in [3.8, 4) is 0 Å². The molecule has 1 aromatic carbocycles. The quantitative estimate of drug-likeness (QED) is 0.796. The standard InChI is InChI=1S/C15H23N/c1-4-15(3,5-2)16-11-13-10-12-8-6-7-9-14(12)13/h6-9,13,16H,4-5,10-11H2,1-3H3. The lowest BCUT2D eigenvalue weighted by Crippen LogP contribution is -2.44. The van der Waals surface area contributed by atoms with Crippen LogP contribution in [0.15, 0.2) is 24.3 Å². The zero-order valence-corrected chi connectivity index (χ0v) is 10.7. The molecule has 1 aliphatic rings. The molecule has 1 nitrogen and oxygen atoms in total. The Morgan fingerprint density at radius 3 is 2.56 bits per heavy atom. The van der Waals surface area contributed by atoms with Crippen molar-refractivity contribution in [3.63, 3.8) is 0 Å². The monoisotopic (exact) mass is 217 g/mol. The molecule has 2 rings (SSSR count). The van der Waals surface area contributed by atoms with Crippen molar-refractivity contribution in [2.24, 2.45) is 0 Å². The Bertz CT molecular complexity index is 352. The SMILES string of the molecule is CCC(C)(CC)NCC1Cc2ccccc21. The van der Waals surface area contributed by atoms with Gasteiger partial charge in [-0.3, -0.25) is 0 Å². The third kappa shape index (κ3) is 2.15. The van der Waals surface area contributed by atoms with E-state index in [0.29, 0.717) is 5.54 Å². The molecular formula is C15H23N. The Labute approximate surface area is 99.3 Å². The molecular weight excluding hydrogens is 194 g/mol. The predicted molar refractivity (Wildman–Crippen MR) is 69.9 cm³/mol. The Morgan fingerprint density at radius 2 is 1.94 bits per heavy atom.